The minimum atomic E-state index is 0. The molecule has 3 saturated heterocycles. The van der Waals surface area contributed by atoms with Crippen molar-refractivity contribution in [2.45, 2.75) is 50.2 Å². The summed E-state index contributed by atoms with van der Waals surface area (Å²) in [7, 11) is 1.87. The first-order valence-corrected chi connectivity index (χ1v) is 11.7. The number of rotatable bonds is 6. The van der Waals surface area contributed by atoms with E-state index >= 15 is 0 Å². The molecule has 32 heavy (non-hydrogen) atoms. The fraction of sp³-hybridized carbons (Fsp3) is 0.708. The van der Waals surface area contributed by atoms with Crippen LogP contribution in [0.5, 0.6) is 5.75 Å². The van der Waals surface area contributed by atoms with Crippen molar-refractivity contribution in [3.63, 3.8) is 0 Å². The summed E-state index contributed by atoms with van der Waals surface area (Å²) in [6.45, 7) is 8.33. The zero-order valence-electron chi connectivity index (χ0n) is 19.4. The van der Waals surface area contributed by atoms with Crippen molar-refractivity contribution >= 4 is 29.9 Å². The Labute approximate surface area is 209 Å². The average molecular weight is 559 g/mol. The number of nitrogens with one attached hydrogen (secondary N) is 1. The molecule has 3 aliphatic heterocycles. The van der Waals surface area contributed by atoms with E-state index in [0.717, 1.165) is 76.8 Å². The largest absolute Gasteiger partial charge is 0.494 e. The van der Waals surface area contributed by atoms with E-state index in [1.807, 2.05) is 14.0 Å². The molecule has 2 atom stereocenters. The maximum atomic E-state index is 6.02. The summed E-state index contributed by atoms with van der Waals surface area (Å²) in [6, 6.07) is 8.59. The Morgan fingerprint density at radius 2 is 1.88 bits per heavy atom. The lowest BCUT2D eigenvalue weighted by Gasteiger charge is -2.41. The molecule has 0 bridgehead atoms. The Bertz CT molecular complexity index is 718. The Kier molecular flexibility index (Phi) is 9.88. The van der Waals surface area contributed by atoms with E-state index in [9.17, 15) is 0 Å². The first-order valence-electron chi connectivity index (χ1n) is 11.7. The van der Waals surface area contributed by atoms with Crippen molar-refractivity contribution in [1.29, 1.82) is 0 Å². The number of ether oxygens (including phenoxy) is 4. The molecular formula is C24H38IN3O4. The standard InChI is InChI=1S/C24H37N3O4.HI/c1-3-29-20-8-6-19(7-9-20)24(10-14-28-15-11-24)18-26-23(25-2)27-12-16-31-22(17-27)21-5-4-13-30-21;/h6-9,21-22H,3-5,10-18H2,1-2H3,(H,25,26);1H. The van der Waals surface area contributed by atoms with Crippen LogP contribution in [-0.4, -0.2) is 82.8 Å². The molecule has 180 valence electrons. The van der Waals surface area contributed by atoms with Crippen LogP contribution in [-0.2, 0) is 19.6 Å². The first kappa shape index (κ1) is 25.5. The highest BCUT2D eigenvalue weighted by atomic mass is 127. The van der Waals surface area contributed by atoms with Crippen LogP contribution in [0.2, 0.25) is 0 Å². The molecule has 0 radical (unpaired) electrons. The van der Waals surface area contributed by atoms with Crippen molar-refractivity contribution in [1.82, 2.24) is 10.2 Å². The van der Waals surface area contributed by atoms with Gasteiger partial charge in [0.15, 0.2) is 5.96 Å². The van der Waals surface area contributed by atoms with Gasteiger partial charge < -0.3 is 29.2 Å². The van der Waals surface area contributed by atoms with Crippen molar-refractivity contribution in [2.24, 2.45) is 4.99 Å². The molecule has 0 amide bonds. The van der Waals surface area contributed by atoms with Gasteiger partial charge in [-0.05, 0) is 50.3 Å². The van der Waals surface area contributed by atoms with Crippen LogP contribution in [0.15, 0.2) is 29.3 Å². The summed E-state index contributed by atoms with van der Waals surface area (Å²) in [5, 5.41) is 3.69. The van der Waals surface area contributed by atoms with E-state index in [4.69, 9.17) is 18.9 Å². The number of hydrogen-bond acceptors (Lipinski definition) is 5. The fourth-order valence-electron chi connectivity index (χ4n) is 4.97. The van der Waals surface area contributed by atoms with Crippen LogP contribution in [0.4, 0.5) is 0 Å². The van der Waals surface area contributed by atoms with E-state index in [-0.39, 0.29) is 41.6 Å². The minimum absolute atomic E-state index is 0. The molecule has 0 spiro atoms. The third-order valence-electron chi connectivity index (χ3n) is 6.80. The maximum Gasteiger partial charge on any atom is 0.193 e. The molecule has 2 unspecified atom stereocenters. The Hall–Kier alpha value is -1.10. The van der Waals surface area contributed by atoms with Crippen LogP contribution in [0.1, 0.15) is 38.2 Å². The molecular weight excluding hydrogens is 521 g/mol. The highest BCUT2D eigenvalue weighted by Gasteiger charge is 2.36. The fourth-order valence-corrected chi connectivity index (χ4v) is 4.97. The summed E-state index contributed by atoms with van der Waals surface area (Å²) >= 11 is 0. The Balaban J connectivity index is 0.00000289. The lowest BCUT2D eigenvalue weighted by molar-refractivity contribution is -0.0817. The molecule has 1 aromatic carbocycles. The SMILES string of the molecule is CCOc1ccc(C2(CNC(=NC)N3CCOC(C4CCCO4)C3)CCOCC2)cc1.I. The molecule has 0 aromatic heterocycles. The van der Waals surface area contributed by atoms with Crippen LogP contribution in [0, 0.1) is 0 Å². The zero-order chi connectivity index (χ0) is 21.5. The van der Waals surface area contributed by atoms with Gasteiger partial charge in [0.25, 0.3) is 0 Å². The third-order valence-corrected chi connectivity index (χ3v) is 6.80. The number of hydrogen-bond donors (Lipinski definition) is 1. The van der Waals surface area contributed by atoms with Crippen molar-refractivity contribution in [2.75, 3.05) is 59.7 Å². The second-order valence-electron chi connectivity index (χ2n) is 8.66. The minimum Gasteiger partial charge on any atom is -0.494 e. The lowest BCUT2D eigenvalue weighted by atomic mass is 9.74. The summed E-state index contributed by atoms with van der Waals surface area (Å²) in [4.78, 5) is 6.92. The van der Waals surface area contributed by atoms with Gasteiger partial charge in [0, 0.05) is 51.9 Å². The van der Waals surface area contributed by atoms with Crippen molar-refractivity contribution in [3.05, 3.63) is 29.8 Å². The van der Waals surface area contributed by atoms with Gasteiger partial charge in [-0.2, -0.15) is 0 Å². The van der Waals surface area contributed by atoms with E-state index in [2.05, 4.69) is 39.5 Å². The van der Waals surface area contributed by atoms with E-state index < -0.39 is 0 Å². The van der Waals surface area contributed by atoms with Gasteiger partial charge in [-0.25, -0.2) is 0 Å². The van der Waals surface area contributed by atoms with Gasteiger partial charge in [-0.3, -0.25) is 4.99 Å². The molecule has 3 fully saturated rings. The van der Waals surface area contributed by atoms with E-state index in [0.29, 0.717) is 13.2 Å². The van der Waals surface area contributed by atoms with Gasteiger partial charge in [0.2, 0.25) is 0 Å². The van der Waals surface area contributed by atoms with Crippen molar-refractivity contribution < 1.29 is 18.9 Å². The van der Waals surface area contributed by atoms with Gasteiger partial charge >= 0.3 is 0 Å². The average Bonchev–Trinajstić information content (AvgIpc) is 3.36. The second kappa shape index (κ2) is 12.4. The number of morpholine rings is 1. The van der Waals surface area contributed by atoms with Gasteiger partial charge in [-0.15, -0.1) is 24.0 Å². The molecule has 4 rings (SSSR count). The quantitative estimate of drug-likeness (QED) is 0.328. The molecule has 7 nitrogen and oxygen atoms in total. The first-order chi connectivity index (χ1) is 15.2. The van der Waals surface area contributed by atoms with Crippen LogP contribution < -0.4 is 10.1 Å². The lowest BCUT2D eigenvalue weighted by Crippen LogP contribution is -2.55. The predicted octanol–water partition coefficient (Wildman–Crippen LogP) is 3.21. The summed E-state index contributed by atoms with van der Waals surface area (Å²) in [5.74, 6) is 1.87. The molecule has 3 aliphatic rings. The topological polar surface area (TPSA) is 64.6 Å². The van der Waals surface area contributed by atoms with Crippen LogP contribution in [0.25, 0.3) is 0 Å². The normalized spacial score (nSPS) is 25.8. The Morgan fingerprint density at radius 1 is 1.12 bits per heavy atom. The van der Waals surface area contributed by atoms with Crippen molar-refractivity contribution in [3.8, 4) is 5.75 Å². The number of benzene rings is 1. The molecule has 8 heteroatoms. The van der Waals surface area contributed by atoms with Gasteiger partial charge in [-0.1, -0.05) is 12.1 Å². The van der Waals surface area contributed by atoms with Gasteiger partial charge in [0.1, 0.15) is 11.9 Å². The summed E-state index contributed by atoms with van der Waals surface area (Å²) in [6.07, 6.45) is 4.54. The zero-order valence-corrected chi connectivity index (χ0v) is 21.7. The number of nitrogens with zero attached hydrogens (tertiary/aromatic N) is 2. The third kappa shape index (κ3) is 6.07. The molecule has 0 aliphatic carbocycles. The van der Waals surface area contributed by atoms with Gasteiger partial charge in [0.05, 0.1) is 19.3 Å². The second-order valence-corrected chi connectivity index (χ2v) is 8.66. The molecule has 1 aromatic rings. The highest BCUT2D eigenvalue weighted by molar-refractivity contribution is 14.0. The summed E-state index contributed by atoms with van der Waals surface area (Å²) < 4.78 is 23.2. The molecule has 0 saturated carbocycles. The van der Waals surface area contributed by atoms with Crippen LogP contribution in [0.3, 0.4) is 0 Å². The molecule has 1 N–H and O–H groups in total. The highest BCUT2D eigenvalue weighted by Crippen LogP contribution is 2.35. The molecule has 3 heterocycles. The maximum absolute atomic E-state index is 6.02. The number of guanidine groups is 1. The monoisotopic (exact) mass is 559 g/mol. The van der Waals surface area contributed by atoms with E-state index in [1.54, 1.807) is 0 Å². The Morgan fingerprint density at radius 3 is 2.53 bits per heavy atom. The predicted molar refractivity (Wildman–Crippen MR) is 136 cm³/mol. The smallest absolute Gasteiger partial charge is 0.193 e. The van der Waals surface area contributed by atoms with Crippen LogP contribution >= 0.6 is 24.0 Å². The number of aliphatic imine (C=N–C) groups is 1. The van der Waals surface area contributed by atoms with E-state index in [1.165, 1.54) is 5.56 Å². The summed E-state index contributed by atoms with van der Waals surface area (Å²) in [5.41, 5.74) is 1.36. The number of halogens is 1.